The highest BCUT2D eigenvalue weighted by Gasteiger charge is 2.22. The smallest absolute Gasteiger partial charge is 0.265 e. The van der Waals surface area contributed by atoms with E-state index in [0.717, 1.165) is 18.5 Å². The minimum absolute atomic E-state index is 0.0561. The molecule has 76 valence electrons. The first kappa shape index (κ1) is 9.90. The third-order valence-electron chi connectivity index (χ3n) is 2.75. The Balaban J connectivity index is 2.45. The van der Waals surface area contributed by atoms with Gasteiger partial charge in [-0.25, -0.2) is 4.98 Å². The predicted molar refractivity (Wildman–Crippen MR) is 58.5 cm³/mol. The molecule has 1 N–H and O–H groups in total. The Morgan fingerprint density at radius 1 is 1.43 bits per heavy atom. The van der Waals surface area contributed by atoms with Crippen LogP contribution in [-0.2, 0) is 0 Å². The number of hydrogen-bond acceptors (Lipinski definition) is 2. The van der Waals surface area contributed by atoms with E-state index in [-0.39, 0.29) is 5.56 Å². The van der Waals surface area contributed by atoms with Crippen LogP contribution in [0.1, 0.15) is 43.1 Å². The number of nitrogens with zero attached hydrogens (tertiary/aromatic N) is 1. The third kappa shape index (κ3) is 1.75. The number of H-pyrrole nitrogens is 1. The second kappa shape index (κ2) is 3.85. The Hall–Kier alpha value is -0.640. The van der Waals surface area contributed by atoms with E-state index in [1.54, 1.807) is 0 Å². The molecule has 0 saturated heterocycles. The second-order valence-electron chi connectivity index (χ2n) is 3.83. The molecule has 0 unspecified atom stereocenters. The van der Waals surface area contributed by atoms with E-state index < -0.39 is 0 Å². The zero-order valence-corrected chi connectivity index (χ0v) is 9.73. The summed E-state index contributed by atoms with van der Waals surface area (Å²) in [7, 11) is 0. The van der Waals surface area contributed by atoms with Crippen molar-refractivity contribution in [2.45, 2.75) is 38.5 Å². The number of aromatic nitrogens is 2. The fourth-order valence-corrected chi connectivity index (χ4v) is 2.57. The van der Waals surface area contributed by atoms with E-state index in [0.29, 0.717) is 16.2 Å². The van der Waals surface area contributed by atoms with Crippen LogP contribution in [0.3, 0.4) is 0 Å². The molecule has 1 aliphatic carbocycles. The van der Waals surface area contributed by atoms with Crippen LogP contribution in [0.25, 0.3) is 0 Å². The van der Waals surface area contributed by atoms with E-state index in [4.69, 9.17) is 0 Å². The van der Waals surface area contributed by atoms with Crippen molar-refractivity contribution in [3.63, 3.8) is 0 Å². The number of hydrogen-bond donors (Lipinski definition) is 1. The molecule has 1 aliphatic rings. The number of aryl methyl sites for hydroxylation is 1. The van der Waals surface area contributed by atoms with E-state index in [1.807, 2.05) is 6.92 Å². The molecule has 2 rings (SSSR count). The van der Waals surface area contributed by atoms with Crippen molar-refractivity contribution in [2.75, 3.05) is 0 Å². The van der Waals surface area contributed by atoms with Gasteiger partial charge in [0.25, 0.3) is 5.56 Å². The van der Waals surface area contributed by atoms with Crippen LogP contribution in [-0.4, -0.2) is 9.97 Å². The molecule has 3 nitrogen and oxygen atoms in total. The summed E-state index contributed by atoms with van der Waals surface area (Å²) >= 11 is 3.32. The van der Waals surface area contributed by atoms with Gasteiger partial charge in [0, 0.05) is 5.92 Å². The molecule has 0 spiro atoms. The normalized spacial score (nSPS) is 17.6. The summed E-state index contributed by atoms with van der Waals surface area (Å²) in [6.45, 7) is 1.83. The molecular weight excluding hydrogens is 244 g/mol. The van der Waals surface area contributed by atoms with Gasteiger partial charge in [0.15, 0.2) is 0 Å². The summed E-state index contributed by atoms with van der Waals surface area (Å²) in [6.07, 6.45) is 4.83. The quantitative estimate of drug-likeness (QED) is 0.840. The van der Waals surface area contributed by atoms with Crippen molar-refractivity contribution in [3.05, 3.63) is 26.3 Å². The Morgan fingerprint density at radius 2 is 2.07 bits per heavy atom. The molecule has 0 aromatic carbocycles. The van der Waals surface area contributed by atoms with Crippen molar-refractivity contribution in [3.8, 4) is 0 Å². The predicted octanol–water partition coefficient (Wildman–Crippen LogP) is 2.50. The molecule has 1 saturated carbocycles. The van der Waals surface area contributed by atoms with E-state index in [9.17, 15) is 4.79 Å². The monoisotopic (exact) mass is 256 g/mol. The topological polar surface area (TPSA) is 45.8 Å². The molecule has 0 atom stereocenters. The summed E-state index contributed by atoms with van der Waals surface area (Å²) in [6, 6.07) is 0. The Kier molecular flexibility index (Phi) is 2.72. The molecule has 0 aliphatic heterocycles. The lowest BCUT2D eigenvalue weighted by molar-refractivity contribution is 0.681. The molecule has 1 fully saturated rings. The maximum atomic E-state index is 11.5. The maximum absolute atomic E-state index is 11.5. The molecular formula is C10H13BrN2O. The van der Waals surface area contributed by atoms with Crippen molar-refractivity contribution in [1.82, 2.24) is 9.97 Å². The zero-order valence-electron chi connectivity index (χ0n) is 8.14. The minimum Gasteiger partial charge on any atom is -0.310 e. The fraction of sp³-hybridized carbons (Fsp3) is 0.600. The molecule has 14 heavy (non-hydrogen) atoms. The lowest BCUT2D eigenvalue weighted by atomic mass is 10.0. The van der Waals surface area contributed by atoms with E-state index in [1.165, 1.54) is 12.8 Å². The van der Waals surface area contributed by atoms with Gasteiger partial charge in [0.1, 0.15) is 10.3 Å². The van der Waals surface area contributed by atoms with Crippen molar-refractivity contribution < 1.29 is 0 Å². The first-order valence-electron chi connectivity index (χ1n) is 4.95. The fourth-order valence-electron chi connectivity index (χ4n) is 2.06. The summed E-state index contributed by atoms with van der Waals surface area (Å²) in [5, 5.41) is 0. The highest BCUT2D eigenvalue weighted by Crippen LogP contribution is 2.35. The Morgan fingerprint density at radius 3 is 2.71 bits per heavy atom. The molecule has 1 heterocycles. The van der Waals surface area contributed by atoms with Gasteiger partial charge in [0.05, 0.1) is 5.69 Å². The van der Waals surface area contributed by atoms with E-state index in [2.05, 4.69) is 25.9 Å². The lowest BCUT2D eigenvalue weighted by Crippen LogP contribution is -2.15. The Bertz CT molecular complexity index is 394. The van der Waals surface area contributed by atoms with Gasteiger partial charge in [-0.1, -0.05) is 12.8 Å². The van der Waals surface area contributed by atoms with Crippen LogP contribution < -0.4 is 5.56 Å². The molecule has 1 aromatic rings. The van der Waals surface area contributed by atoms with Crippen LogP contribution >= 0.6 is 15.9 Å². The zero-order chi connectivity index (χ0) is 10.1. The number of nitrogens with one attached hydrogen (secondary N) is 1. The van der Waals surface area contributed by atoms with Crippen LogP contribution in [0.15, 0.2) is 9.27 Å². The highest BCUT2D eigenvalue weighted by atomic mass is 79.9. The third-order valence-corrected chi connectivity index (χ3v) is 3.52. The summed E-state index contributed by atoms with van der Waals surface area (Å²) in [5.41, 5.74) is 0.892. The average molecular weight is 257 g/mol. The largest absolute Gasteiger partial charge is 0.310 e. The van der Waals surface area contributed by atoms with Crippen LogP contribution in [0.4, 0.5) is 0 Å². The number of aromatic amines is 1. The summed E-state index contributed by atoms with van der Waals surface area (Å²) in [5.74, 6) is 1.19. The second-order valence-corrected chi connectivity index (χ2v) is 4.62. The molecule has 0 amide bonds. The molecule has 4 heteroatoms. The van der Waals surface area contributed by atoms with Crippen LogP contribution in [0, 0.1) is 6.92 Å². The minimum atomic E-state index is -0.0561. The number of rotatable bonds is 1. The van der Waals surface area contributed by atoms with Gasteiger partial charge < -0.3 is 4.98 Å². The van der Waals surface area contributed by atoms with Gasteiger partial charge in [0.2, 0.25) is 0 Å². The van der Waals surface area contributed by atoms with Gasteiger partial charge in [-0.3, -0.25) is 4.79 Å². The maximum Gasteiger partial charge on any atom is 0.265 e. The first-order chi connectivity index (χ1) is 6.68. The molecule has 1 aromatic heterocycles. The van der Waals surface area contributed by atoms with Crippen LogP contribution in [0.2, 0.25) is 0 Å². The van der Waals surface area contributed by atoms with Gasteiger partial charge >= 0.3 is 0 Å². The molecule has 0 radical (unpaired) electrons. The van der Waals surface area contributed by atoms with Crippen molar-refractivity contribution >= 4 is 15.9 Å². The van der Waals surface area contributed by atoms with Crippen molar-refractivity contribution in [2.24, 2.45) is 0 Å². The Labute approximate surface area is 91.1 Å². The average Bonchev–Trinajstić information content (AvgIpc) is 2.63. The standard InChI is InChI=1S/C10H13BrN2O/c1-6-12-9(7-4-2-3-5-7)8(11)10(14)13-6/h7H,2-5H2,1H3,(H,12,13,14). The highest BCUT2D eigenvalue weighted by molar-refractivity contribution is 9.10. The summed E-state index contributed by atoms with van der Waals surface area (Å²) < 4.78 is 0.620. The lowest BCUT2D eigenvalue weighted by Gasteiger charge is -2.10. The van der Waals surface area contributed by atoms with E-state index >= 15 is 0 Å². The number of halogens is 1. The van der Waals surface area contributed by atoms with Gasteiger partial charge in [-0.05, 0) is 35.7 Å². The van der Waals surface area contributed by atoms with Gasteiger partial charge in [-0.15, -0.1) is 0 Å². The van der Waals surface area contributed by atoms with Gasteiger partial charge in [-0.2, -0.15) is 0 Å². The van der Waals surface area contributed by atoms with Crippen molar-refractivity contribution in [1.29, 1.82) is 0 Å². The first-order valence-corrected chi connectivity index (χ1v) is 5.74. The SMILES string of the molecule is Cc1nc(C2CCCC2)c(Br)c(=O)[nH]1. The molecule has 0 bridgehead atoms. The van der Waals surface area contributed by atoms with Crippen LogP contribution in [0.5, 0.6) is 0 Å². The summed E-state index contributed by atoms with van der Waals surface area (Å²) in [4.78, 5) is 18.6.